The number of benzene rings is 1. The van der Waals surface area contributed by atoms with Crippen molar-refractivity contribution in [2.45, 2.75) is 45.8 Å². The minimum absolute atomic E-state index is 0.156. The van der Waals surface area contributed by atoms with Crippen LogP contribution in [0.1, 0.15) is 45.2 Å². The van der Waals surface area contributed by atoms with Gasteiger partial charge in [-0.15, -0.1) is 0 Å². The van der Waals surface area contributed by atoms with Crippen molar-refractivity contribution in [3.05, 3.63) is 35.9 Å². The van der Waals surface area contributed by atoms with Crippen molar-refractivity contribution in [2.75, 3.05) is 19.7 Å². The van der Waals surface area contributed by atoms with Crippen molar-refractivity contribution in [1.29, 1.82) is 0 Å². The van der Waals surface area contributed by atoms with Crippen LogP contribution in [0, 0.1) is 11.8 Å². The largest absolute Gasteiger partial charge is 0.378 e. The van der Waals surface area contributed by atoms with E-state index in [0.29, 0.717) is 12.0 Å². The molecule has 0 spiro atoms. The highest BCUT2D eigenvalue weighted by Gasteiger charge is 2.29. The van der Waals surface area contributed by atoms with Gasteiger partial charge in [0.2, 0.25) is 5.91 Å². The van der Waals surface area contributed by atoms with Crippen molar-refractivity contribution in [1.82, 2.24) is 4.90 Å². The van der Waals surface area contributed by atoms with Crippen molar-refractivity contribution >= 4 is 5.91 Å². The average molecular weight is 318 g/mol. The van der Waals surface area contributed by atoms with E-state index in [0.717, 1.165) is 38.1 Å². The van der Waals surface area contributed by atoms with Crippen LogP contribution in [-0.2, 0) is 9.53 Å². The maximum Gasteiger partial charge on any atom is 0.227 e. The number of likely N-dealkylation sites (tertiary alicyclic amines) is 1. The molecule has 23 heavy (non-hydrogen) atoms. The molecular formula is C19H30N2O2. The van der Waals surface area contributed by atoms with Crippen molar-refractivity contribution in [3.63, 3.8) is 0 Å². The van der Waals surface area contributed by atoms with E-state index in [2.05, 4.69) is 13.8 Å². The highest BCUT2D eigenvalue weighted by atomic mass is 16.5. The highest BCUT2D eigenvalue weighted by Crippen LogP contribution is 2.23. The summed E-state index contributed by atoms with van der Waals surface area (Å²) in [5, 5.41) is 0. The predicted octanol–water partition coefficient (Wildman–Crippen LogP) is 2.99. The monoisotopic (exact) mass is 318 g/mol. The van der Waals surface area contributed by atoms with Gasteiger partial charge in [0, 0.05) is 25.7 Å². The first-order valence-corrected chi connectivity index (χ1v) is 8.70. The molecule has 1 fully saturated rings. The molecule has 0 radical (unpaired) electrons. The first-order valence-electron chi connectivity index (χ1n) is 8.70. The molecule has 2 unspecified atom stereocenters. The Bertz CT molecular complexity index is 481. The summed E-state index contributed by atoms with van der Waals surface area (Å²) < 4.78 is 5.89. The van der Waals surface area contributed by atoms with Crippen LogP contribution >= 0.6 is 0 Å². The van der Waals surface area contributed by atoms with Crippen molar-refractivity contribution < 1.29 is 9.53 Å². The summed E-state index contributed by atoms with van der Waals surface area (Å²) in [4.78, 5) is 14.6. The van der Waals surface area contributed by atoms with Gasteiger partial charge in [0.05, 0.1) is 12.0 Å². The Kier molecular flexibility index (Phi) is 6.60. The third-order valence-electron chi connectivity index (χ3n) is 4.53. The maximum atomic E-state index is 12.7. The van der Waals surface area contributed by atoms with Gasteiger partial charge >= 0.3 is 0 Å². The topological polar surface area (TPSA) is 55.6 Å². The van der Waals surface area contributed by atoms with E-state index in [9.17, 15) is 4.79 Å². The Hall–Kier alpha value is -1.39. The quantitative estimate of drug-likeness (QED) is 0.877. The zero-order chi connectivity index (χ0) is 16.8. The van der Waals surface area contributed by atoms with Crippen LogP contribution < -0.4 is 5.73 Å². The van der Waals surface area contributed by atoms with Crippen LogP contribution in [0.15, 0.2) is 30.3 Å². The molecule has 0 aromatic heterocycles. The Morgan fingerprint density at radius 3 is 2.39 bits per heavy atom. The Labute approximate surface area is 140 Å². The summed E-state index contributed by atoms with van der Waals surface area (Å²) in [5.41, 5.74) is 7.30. The molecule has 0 aliphatic carbocycles. The fraction of sp³-hybridized carbons (Fsp3) is 0.632. The molecule has 2 atom stereocenters. The highest BCUT2D eigenvalue weighted by molar-refractivity contribution is 5.79. The van der Waals surface area contributed by atoms with Gasteiger partial charge in [0.15, 0.2) is 0 Å². The van der Waals surface area contributed by atoms with Gasteiger partial charge in [-0.2, -0.15) is 0 Å². The molecule has 0 saturated carbocycles. The standard InChI is InChI=1S/C19H30N2O2/c1-14(2)13-23-17-9-11-21(12-10-17)19(22)15(3)18(20)16-7-5-4-6-8-16/h4-8,14-15,17-18H,9-13,20H2,1-3H3. The molecule has 2 rings (SSSR count). The number of carbonyl (C=O) groups excluding carboxylic acids is 1. The first-order chi connectivity index (χ1) is 11.0. The second kappa shape index (κ2) is 8.46. The molecule has 1 heterocycles. The number of piperidine rings is 1. The van der Waals surface area contributed by atoms with E-state index in [1.807, 2.05) is 42.2 Å². The minimum atomic E-state index is -0.251. The second-order valence-corrected chi connectivity index (χ2v) is 6.98. The lowest BCUT2D eigenvalue weighted by Gasteiger charge is -2.35. The molecule has 4 heteroatoms. The van der Waals surface area contributed by atoms with E-state index in [1.165, 1.54) is 0 Å². The van der Waals surface area contributed by atoms with Gasteiger partial charge < -0.3 is 15.4 Å². The fourth-order valence-electron chi connectivity index (χ4n) is 2.98. The molecule has 0 bridgehead atoms. The lowest BCUT2D eigenvalue weighted by molar-refractivity contribution is -0.138. The third kappa shape index (κ3) is 5.05. The smallest absolute Gasteiger partial charge is 0.227 e. The Morgan fingerprint density at radius 1 is 1.22 bits per heavy atom. The fourth-order valence-corrected chi connectivity index (χ4v) is 2.98. The van der Waals surface area contributed by atoms with Crippen LogP contribution in [0.3, 0.4) is 0 Å². The molecule has 1 aromatic carbocycles. The number of hydrogen-bond acceptors (Lipinski definition) is 3. The second-order valence-electron chi connectivity index (χ2n) is 6.98. The van der Waals surface area contributed by atoms with E-state index in [4.69, 9.17) is 10.5 Å². The number of amides is 1. The van der Waals surface area contributed by atoms with Crippen LogP contribution in [0.25, 0.3) is 0 Å². The van der Waals surface area contributed by atoms with Gasteiger partial charge in [-0.3, -0.25) is 4.79 Å². The zero-order valence-corrected chi connectivity index (χ0v) is 14.6. The summed E-state index contributed by atoms with van der Waals surface area (Å²) in [7, 11) is 0. The van der Waals surface area contributed by atoms with Crippen LogP contribution in [-0.4, -0.2) is 36.6 Å². The molecule has 1 aliphatic heterocycles. The number of ether oxygens (including phenoxy) is 1. The van der Waals surface area contributed by atoms with E-state index < -0.39 is 0 Å². The summed E-state index contributed by atoms with van der Waals surface area (Å²) in [6.45, 7) is 8.59. The van der Waals surface area contributed by atoms with Crippen LogP contribution in [0.5, 0.6) is 0 Å². The van der Waals surface area contributed by atoms with Gasteiger partial charge in [-0.25, -0.2) is 0 Å². The Morgan fingerprint density at radius 2 is 1.83 bits per heavy atom. The van der Waals surface area contributed by atoms with Crippen molar-refractivity contribution in [3.8, 4) is 0 Å². The van der Waals surface area contributed by atoms with E-state index >= 15 is 0 Å². The van der Waals surface area contributed by atoms with Gasteiger partial charge in [-0.1, -0.05) is 51.1 Å². The minimum Gasteiger partial charge on any atom is -0.378 e. The van der Waals surface area contributed by atoms with Gasteiger partial charge in [-0.05, 0) is 24.3 Å². The van der Waals surface area contributed by atoms with Gasteiger partial charge in [0.25, 0.3) is 0 Å². The molecule has 2 N–H and O–H groups in total. The number of rotatable bonds is 6. The number of hydrogen-bond donors (Lipinski definition) is 1. The Balaban J connectivity index is 1.84. The SMILES string of the molecule is CC(C)COC1CCN(C(=O)C(C)C(N)c2ccccc2)CC1. The van der Waals surface area contributed by atoms with Crippen LogP contribution in [0.4, 0.5) is 0 Å². The molecule has 1 aromatic rings. The average Bonchev–Trinajstić information content (AvgIpc) is 2.59. The van der Waals surface area contributed by atoms with Crippen LogP contribution in [0.2, 0.25) is 0 Å². The number of nitrogens with zero attached hydrogens (tertiary/aromatic N) is 1. The number of nitrogens with two attached hydrogens (primary N) is 1. The summed E-state index contributed by atoms with van der Waals surface area (Å²) in [5.74, 6) is 0.507. The molecular weight excluding hydrogens is 288 g/mol. The lowest BCUT2D eigenvalue weighted by Crippen LogP contribution is -2.45. The van der Waals surface area contributed by atoms with E-state index in [1.54, 1.807) is 0 Å². The summed E-state index contributed by atoms with van der Waals surface area (Å²) in [6.07, 6.45) is 2.14. The third-order valence-corrected chi connectivity index (χ3v) is 4.53. The lowest BCUT2D eigenvalue weighted by atomic mass is 9.93. The number of carbonyl (C=O) groups is 1. The maximum absolute atomic E-state index is 12.7. The summed E-state index contributed by atoms with van der Waals surface area (Å²) >= 11 is 0. The first kappa shape index (κ1) is 18.0. The zero-order valence-electron chi connectivity index (χ0n) is 14.6. The summed E-state index contributed by atoms with van der Waals surface area (Å²) in [6, 6.07) is 9.61. The van der Waals surface area contributed by atoms with Crippen molar-refractivity contribution in [2.24, 2.45) is 17.6 Å². The normalized spacial score (nSPS) is 18.9. The molecule has 1 aliphatic rings. The molecule has 1 saturated heterocycles. The van der Waals surface area contributed by atoms with Gasteiger partial charge in [0.1, 0.15) is 0 Å². The molecule has 1 amide bonds. The molecule has 4 nitrogen and oxygen atoms in total. The molecule has 128 valence electrons. The predicted molar refractivity (Wildman–Crippen MR) is 92.9 cm³/mol. The van der Waals surface area contributed by atoms with E-state index in [-0.39, 0.29) is 17.9 Å².